The second-order valence-electron chi connectivity index (χ2n) is 5.07. The summed E-state index contributed by atoms with van der Waals surface area (Å²) in [6.07, 6.45) is 4.65. The molecule has 0 aliphatic heterocycles. The normalized spacial score (nSPS) is 12.9. The number of rotatable bonds is 7. The van der Waals surface area contributed by atoms with Crippen molar-refractivity contribution >= 4 is 23.0 Å². The molecule has 0 bridgehead atoms. The number of thioether (sulfide) groups is 1. The van der Waals surface area contributed by atoms with Crippen LogP contribution in [0, 0.1) is 5.82 Å². The van der Waals surface area contributed by atoms with Gasteiger partial charge in [-0.15, -0.1) is 0 Å². The monoisotopic (exact) mass is 311 g/mol. The van der Waals surface area contributed by atoms with Crippen LogP contribution in [0.25, 0.3) is 6.08 Å². The van der Waals surface area contributed by atoms with Crippen LogP contribution in [0.15, 0.2) is 24.3 Å². The second kappa shape index (κ2) is 8.85. The summed E-state index contributed by atoms with van der Waals surface area (Å²) >= 11 is 1.11. The minimum atomic E-state index is -0.382. The van der Waals surface area contributed by atoms with Crippen LogP contribution in [0.2, 0.25) is 0 Å². The van der Waals surface area contributed by atoms with E-state index in [1.54, 1.807) is 18.4 Å². The summed E-state index contributed by atoms with van der Waals surface area (Å²) in [4.78, 5) is 11.2. The number of ether oxygens (including phenoxy) is 1. The molecule has 1 aromatic rings. The maximum absolute atomic E-state index is 13.6. The van der Waals surface area contributed by atoms with Crippen LogP contribution >= 0.6 is 11.8 Å². The first kappa shape index (κ1) is 17.7. The van der Waals surface area contributed by atoms with Gasteiger partial charge in [0.05, 0.1) is 0 Å². The van der Waals surface area contributed by atoms with E-state index >= 15 is 0 Å². The number of hydrogen-bond acceptors (Lipinski definition) is 4. The summed E-state index contributed by atoms with van der Waals surface area (Å²) in [6.45, 7) is 6.72. The molecule has 0 saturated carbocycles. The van der Waals surface area contributed by atoms with E-state index in [-0.39, 0.29) is 17.0 Å². The molecule has 0 aliphatic carbocycles. The Hall–Kier alpha value is -1.33. The van der Waals surface area contributed by atoms with Gasteiger partial charge in [0.15, 0.2) is 0 Å². The van der Waals surface area contributed by atoms with E-state index in [1.807, 2.05) is 6.92 Å². The fourth-order valence-electron chi connectivity index (χ4n) is 1.66. The standard InChI is InChI=1S/C16H22FNO2S/c1-11(2)18-10-12(3)20-15-8-13(7-14(17)9-15)5-6-16(19)21-4/h5-9,11-12,18H,10H2,1-4H3/b6-5+/t12-/m1/s1. The molecule has 116 valence electrons. The highest BCUT2D eigenvalue weighted by atomic mass is 32.2. The summed E-state index contributed by atoms with van der Waals surface area (Å²) in [5, 5.41) is 3.19. The van der Waals surface area contributed by atoms with Gasteiger partial charge in [-0.05, 0) is 37.0 Å². The van der Waals surface area contributed by atoms with Crippen molar-refractivity contribution in [1.29, 1.82) is 0 Å². The molecule has 0 aromatic heterocycles. The van der Waals surface area contributed by atoms with Gasteiger partial charge in [0, 0.05) is 18.7 Å². The van der Waals surface area contributed by atoms with Crippen molar-refractivity contribution < 1.29 is 13.9 Å². The second-order valence-corrected chi connectivity index (χ2v) is 5.88. The Kier molecular flexibility index (Phi) is 7.47. The summed E-state index contributed by atoms with van der Waals surface area (Å²) in [6, 6.07) is 4.81. The van der Waals surface area contributed by atoms with Crippen molar-refractivity contribution in [2.24, 2.45) is 0 Å². The van der Waals surface area contributed by atoms with Crippen molar-refractivity contribution in [1.82, 2.24) is 5.32 Å². The molecule has 21 heavy (non-hydrogen) atoms. The zero-order valence-corrected chi connectivity index (χ0v) is 13.7. The third-order valence-corrected chi connectivity index (χ3v) is 3.20. The van der Waals surface area contributed by atoms with Crippen molar-refractivity contribution in [2.75, 3.05) is 12.8 Å². The Morgan fingerprint density at radius 2 is 2.10 bits per heavy atom. The van der Waals surface area contributed by atoms with Crippen LogP contribution in [-0.2, 0) is 4.79 Å². The fraction of sp³-hybridized carbons (Fsp3) is 0.438. The lowest BCUT2D eigenvalue weighted by atomic mass is 10.2. The lowest BCUT2D eigenvalue weighted by molar-refractivity contribution is -0.106. The van der Waals surface area contributed by atoms with Crippen LogP contribution in [0.4, 0.5) is 4.39 Å². The summed E-state index contributed by atoms with van der Waals surface area (Å²) in [5.74, 6) is 0.0806. The van der Waals surface area contributed by atoms with Gasteiger partial charge in [0.25, 0.3) is 0 Å². The van der Waals surface area contributed by atoms with E-state index in [1.165, 1.54) is 18.2 Å². The Balaban J connectivity index is 2.73. The van der Waals surface area contributed by atoms with Crippen molar-refractivity contribution in [3.63, 3.8) is 0 Å². The van der Waals surface area contributed by atoms with Crippen LogP contribution < -0.4 is 10.1 Å². The van der Waals surface area contributed by atoms with E-state index in [0.717, 1.165) is 11.8 Å². The molecule has 0 unspecified atom stereocenters. The third-order valence-electron chi connectivity index (χ3n) is 2.66. The van der Waals surface area contributed by atoms with Gasteiger partial charge in [0.2, 0.25) is 5.12 Å². The van der Waals surface area contributed by atoms with E-state index < -0.39 is 0 Å². The molecule has 1 N–H and O–H groups in total. The molecule has 0 spiro atoms. The number of carbonyl (C=O) groups is 1. The van der Waals surface area contributed by atoms with Crippen molar-refractivity contribution in [2.45, 2.75) is 32.9 Å². The molecule has 0 saturated heterocycles. The predicted molar refractivity (Wildman–Crippen MR) is 87.2 cm³/mol. The van der Waals surface area contributed by atoms with E-state index in [0.29, 0.717) is 23.9 Å². The van der Waals surface area contributed by atoms with Gasteiger partial charge in [-0.3, -0.25) is 4.79 Å². The zero-order chi connectivity index (χ0) is 15.8. The number of nitrogens with one attached hydrogen (secondary N) is 1. The van der Waals surface area contributed by atoms with Crippen molar-refractivity contribution in [3.8, 4) is 5.75 Å². The maximum Gasteiger partial charge on any atom is 0.211 e. The summed E-state index contributed by atoms with van der Waals surface area (Å²) in [7, 11) is 0. The molecule has 1 rings (SSSR count). The molecule has 0 heterocycles. The van der Waals surface area contributed by atoms with Crippen LogP contribution in [0.5, 0.6) is 5.75 Å². The Bertz CT molecular complexity index is 503. The summed E-state index contributed by atoms with van der Waals surface area (Å²) in [5.41, 5.74) is 0.608. The van der Waals surface area contributed by atoms with Gasteiger partial charge < -0.3 is 10.1 Å². The van der Waals surface area contributed by atoms with E-state index in [2.05, 4.69) is 19.2 Å². The first-order valence-corrected chi connectivity index (χ1v) is 8.10. The number of carbonyl (C=O) groups excluding carboxylic acids is 1. The van der Waals surface area contributed by atoms with Gasteiger partial charge in [-0.2, -0.15) is 0 Å². The number of benzene rings is 1. The smallest absolute Gasteiger partial charge is 0.211 e. The number of halogens is 1. The lowest BCUT2D eigenvalue weighted by Gasteiger charge is -2.17. The SMILES string of the molecule is CSC(=O)/C=C/c1cc(F)cc(O[C@H](C)CNC(C)C)c1. The predicted octanol–water partition coefficient (Wildman–Crippen LogP) is 3.49. The Morgan fingerprint density at radius 3 is 2.71 bits per heavy atom. The molecule has 0 fully saturated rings. The molecular weight excluding hydrogens is 289 g/mol. The average Bonchev–Trinajstić information content (AvgIpc) is 2.42. The molecule has 0 aliphatic rings. The van der Waals surface area contributed by atoms with Crippen LogP contribution in [-0.4, -0.2) is 30.1 Å². The van der Waals surface area contributed by atoms with Gasteiger partial charge in [-0.1, -0.05) is 31.7 Å². The maximum atomic E-state index is 13.6. The van der Waals surface area contributed by atoms with Crippen molar-refractivity contribution in [3.05, 3.63) is 35.7 Å². The zero-order valence-electron chi connectivity index (χ0n) is 12.9. The fourth-order valence-corrected chi connectivity index (χ4v) is 1.86. The first-order chi connectivity index (χ1) is 9.90. The minimum absolute atomic E-state index is 0.0705. The van der Waals surface area contributed by atoms with Gasteiger partial charge >= 0.3 is 0 Å². The highest BCUT2D eigenvalue weighted by molar-refractivity contribution is 8.13. The minimum Gasteiger partial charge on any atom is -0.489 e. The van der Waals surface area contributed by atoms with Crippen LogP contribution in [0.3, 0.4) is 0 Å². The Morgan fingerprint density at radius 1 is 1.38 bits per heavy atom. The quantitative estimate of drug-likeness (QED) is 0.782. The number of hydrogen-bond donors (Lipinski definition) is 1. The van der Waals surface area contributed by atoms with Gasteiger partial charge in [0.1, 0.15) is 17.7 Å². The van der Waals surface area contributed by atoms with Gasteiger partial charge in [-0.25, -0.2) is 4.39 Å². The molecule has 1 atom stereocenters. The topological polar surface area (TPSA) is 38.3 Å². The summed E-state index contributed by atoms with van der Waals surface area (Å²) < 4.78 is 19.3. The van der Waals surface area contributed by atoms with E-state index in [9.17, 15) is 9.18 Å². The molecular formula is C16H22FNO2S. The third kappa shape index (κ3) is 7.29. The average molecular weight is 311 g/mol. The first-order valence-electron chi connectivity index (χ1n) is 6.87. The molecule has 0 amide bonds. The lowest BCUT2D eigenvalue weighted by Crippen LogP contribution is -2.33. The Labute approximate surface area is 130 Å². The van der Waals surface area contributed by atoms with Crippen LogP contribution in [0.1, 0.15) is 26.3 Å². The van der Waals surface area contributed by atoms with E-state index in [4.69, 9.17) is 4.74 Å². The molecule has 0 radical (unpaired) electrons. The molecule has 5 heteroatoms. The molecule has 3 nitrogen and oxygen atoms in total. The largest absolute Gasteiger partial charge is 0.489 e. The highest BCUT2D eigenvalue weighted by Crippen LogP contribution is 2.19. The highest BCUT2D eigenvalue weighted by Gasteiger charge is 2.07. The molecule has 1 aromatic carbocycles.